The van der Waals surface area contributed by atoms with Crippen LogP contribution in [0.3, 0.4) is 0 Å². The van der Waals surface area contributed by atoms with Gasteiger partial charge in [0.15, 0.2) is 0 Å². The Morgan fingerprint density at radius 1 is 0.579 bits per heavy atom. The number of hydrogen-bond acceptors (Lipinski definition) is 0. The summed E-state index contributed by atoms with van der Waals surface area (Å²) in [7, 11) is 0. The maximum absolute atomic E-state index is 2.46. The van der Waals surface area contributed by atoms with Gasteiger partial charge in [0.2, 0.25) is 0 Å². The van der Waals surface area contributed by atoms with Gasteiger partial charge >= 0.3 is 0 Å². The second kappa shape index (κ2) is 13.0. The molecule has 0 aliphatic rings. The molecule has 19 heavy (non-hydrogen) atoms. The third-order valence-corrected chi connectivity index (χ3v) is 4.33. The molecule has 0 saturated carbocycles. The quantitative estimate of drug-likeness (QED) is 0.309. The molecule has 0 heterocycles. The first kappa shape index (κ1) is 19.0. The highest BCUT2D eigenvalue weighted by Gasteiger charge is 2.08. The summed E-state index contributed by atoms with van der Waals surface area (Å²) in [6, 6.07) is 0. The predicted octanol–water partition coefficient (Wildman–Crippen LogP) is 7.23. The fourth-order valence-corrected chi connectivity index (χ4v) is 3.06. The van der Waals surface area contributed by atoms with E-state index in [-0.39, 0.29) is 0 Å². The zero-order valence-electron chi connectivity index (χ0n) is 14.5. The van der Waals surface area contributed by atoms with E-state index in [2.05, 4.69) is 34.6 Å². The third-order valence-electron chi connectivity index (χ3n) is 4.33. The molecule has 0 aromatic rings. The molecule has 0 amide bonds. The zero-order valence-corrected chi connectivity index (χ0v) is 14.5. The molecule has 0 rings (SSSR count). The van der Waals surface area contributed by atoms with Gasteiger partial charge in [0, 0.05) is 0 Å². The SMILES string of the molecule is CCCCCCC(C)CC(C)CCCCCC(C)C. The summed E-state index contributed by atoms with van der Waals surface area (Å²) in [4.78, 5) is 0. The minimum atomic E-state index is 0.889. The van der Waals surface area contributed by atoms with E-state index in [0.29, 0.717) is 0 Å². The largest absolute Gasteiger partial charge is 0.0654 e. The van der Waals surface area contributed by atoms with Crippen LogP contribution in [0.5, 0.6) is 0 Å². The Bertz CT molecular complexity index is 171. The van der Waals surface area contributed by atoms with E-state index in [9.17, 15) is 0 Å². The molecular weight excluding hydrogens is 228 g/mol. The van der Waals surface area contributed by atoms with E-state index < -0.39 is 0 Å². The molecule has 0 aliphatic heterocycles. The Morgan fingerprint density at radius 2 is 1.05 bits per heavy atom. The lowest BCUT2D eigenvalue weighted by Crippen LogP contribution is -2.03. The third kappa shape index (κ3) is 14.2. The Hall–Kier alpha value is 0. The highest BCUT2D eigenvalue weighted by molar-refractivity contribution is 4.61. The lowest BCUT2D eigenvalue weighted by Gasteiger charge is -2.17. The monoisotopic (exact) mass is 268 g/mol. The van der Waals surface area contributed by atoms with Crippen molar-refractivity contribution in [2.24, 2.45) is 17.8 Å². The number of unbranched alkanes of at least 4 members (excludes halogenated alkanes) is 5. The predicted molar refractivity (Wildman–Crippen MR) is 89.6 cm³/mol. The van der Waals surface area contributed by atoms with Crippen molar-refractivity contribution in [1.82, 2.24) is 0 Å². The van der Waals surface area contributed by atoms with Gasteiger partial charge in [-0.2, -0.15) is 0 Å². The molecule has 0 aromatic heterocycles. The summed E-state index contributed by atoms with van der Waals surface area (Å²) < 4.78 is 0. The maximum atomic E-state index is 2.46. The van der Waals surface area contributed by atoms with E-state index in [0.717, 1.165) is 17.8 Å². The van der Waals surface area contributed by atoms with Crippen molar-refractivity contribution in [2.45, 2.75) is 105 Å². The molecule has 0 radical (unpaired) electrons. The minimum Gasteiger partial charge on any atom is -0.0654 e. The standard InChI is InChI=1S/C19H40/c1-6-7-8-11-14-18(4)16-19(5)15-12-9-10-13-17(2)3/h17-19H,6-16H2,1-5H3. The van der Waals surface area contributed by atoms with Gasteiger partial charge in [-0.25, -0.2) is 0 Å². The van der Waals surface area contributed by atoms with Crippen molar-refractivity contribution in [3.8, 4) is 0 Å². The van der Waals surface area contributed by atoms with Gasteiger partial charge in [0.25, 0.3) is 0 Å². The van der Waals surface area contributed by atoms with Gasteiger partial charge in [-0.3, -0.25) is 0 Å². The van der Waals surface area contributed by atoms with Crippen molar-refractivity contribution in [3.63, 3.8) is 0 Å². The minimum absolute atomic E-state index is 0.889. The fourth-order valence-electron chi connectivity index (χ4n) is 3.06. The molecule has 0 aliphatic carbocycles. The molecule has 116 valence electrons. The molecule has 0 heteroatoms. The zero-order chi connectivity index (χ0) is 14.5. The fraction of sp³-hybridized carbons (Fsp3) is 1.00. The van der Waals surface area contributed by atoms with Crippen LogP contribution in [-0.2, 0) is 0 Å². The van der Waals surface area contributed by atoms with Crippen LogP contribution in [0.2, 0.25) is 0 Å². The van der Waals surface area contributed by atoms with E-state index in [1.165, 1.54) is 70.6 Å². The molecule has 0 aromatic carbocycles. The van der Waals surface area contributed by atoms with Gasteiger partial charge in [0.05, 0.1) is 0 Å². The van der Waals surface area contributed by atoms with Crippen molar-refractivity contribution >= 4 is 0 Å². The molecule has 0 nitrogen and oxygen atoms in total. The van der Waals surface area contributed by atoms with Gasteiger partial charge in [-0.05, 0) is 24.2 Å². The van der Waals surface area contributed by atoms with Gasteiger partial charge in [-0.1, -0.05) is 98.8 Å². The van der Waals surface area contributed by atoms with Gasteiger partial charge < -0.3 is 0 Å². The van der Waals surface area contributed by atoms with Crippen LogP contribution >= 0.6 is 0 Å². The highest BCUT2D eigenvalue weighted by atomic mass is 14.1. The first-order valence-electron chi connectivity index (χ1n) is 9.06. The molecule has 0 spiro atoms. The first-order chi connectivity index (χ1) is 9.06. The Kier molecular flexibility index (Phi) is 13.0. The summed E-state index contributed by atoms with van der Waals surface area (Å²) in [5.41, 5.74) is 0. The summed E-state index contributed by atoms with van der Waals surface area (Å²) in [6.45, 7) is 11.9. The van der Waals surface area contributed by atoms with Crippen molar-refractivity contribution < 1.29 is 0 Å². The van der Waals surface area contributed by atoms with Crippen LogP contribution in [0.1, 0.15) is 105 Å². The molecular formula is C19H40. The van der Waals surface area contributed by atoms with E-state index in [4.69, 9.17) is 0 Å². The van der Waals surface area contributed by atoms with Gasteiger partial charge in [0.1, 0.15) is 0 Å². The van der Waals surface area contributed by atoms with Crippen LogP contribution < -0.4 is 0 Å². The summed E-state index contributed by atoms with van der Waals surface area (Å²) in [5, 5.41) is 0. The van der Waals surface area contributed by atoms with Crippen LogP contribution in [0.15, 0.2) is 0 Å². The van der Waals surface area contributed by atoms with E-state index >= 15 is 0 Å². The number of rotatable bonds is 13. The molecule has 0 N–H and O–H groups in total. The van der Waals surface area contributed by atoms with Crippen molar-refractivity contribution in [2.75, 3.05) is 0 Å². The Labute approximate surface area is 123 Å². The average Bonchev–Trinajstić information content (AvgIpc) is 2.34. The summed E-state index contributed by atoms with van der Waals surface area (Å²) in [6.07, 6.45) is 15.8. The maximum Gasteiger partial charge on any atom is -0.0440 e. The molecule has 2 unspecified atom stereocenters. The van der Waals surface area contributed by atoms with Gasteiger partial charge in [-0.15, -0.1) is 0 Å². The van der Waals surface area contributed by atoms with Crippen LogP contribution in [0.25, 0.3) is 0 Å². The smallest absolute Gasteiger partial charge is 0.0440 e. The first-order valence-corrected chi connectivity index (χ1v) is 9.06. The van der Waals surface area contributed by atoms with Crippen LogP contribution in [0.4, 0.5) is 0 Å². The average molecular weight is 269 g/mol. The second-order valence-corrected chi connectivity index (χ2v) is 7.33. The van der Waals surface area contributed by atoms with Crippen molar-refractivity contribution in [1.29, 1.82) is 0 Å². The Balaban J connectivity index is 3.38. The lowest BCUT2D eigenvalue weighted by molar-refractivity contribution is 0.356. The molecule has 0 fully saturated rings. The van der Waals surface area contributed by atoms with Crippen molar-refractivity contribution in [3.05, 3.63) is 0 Å². The second-order valence-electron chi connectivity index (χ2n) is 7.33. The van der Waals surface area contributed by atoms with Crippen LogP contribution in [0, 0.1) is 17.8 Å². The number of hydrogen-bond donors (Lipinski definition) is 0. The lowest BCUT2D eigenvalue weighted by atomic mass is 9.89. The molecule has 2 atom stereocenters. The molecule has 0 bridgehead atoms. The summed E-state index contributed by atoms with van der Waals surface area (Å²) >= 11 is 0. The van der Waals surface area contributed by atoms with E-state index in [1.54, 1.807) is 0 Å². The summed E-state index contributed by atoms with van der Waals surface area (Å²) in [5.74, 6) is 2.78. The van der Waals surface area contributed by atoms with Crippen LogP contribution in [-0.4, -0.2) is 0 Å². The highest BCUT2D eigenvalue weighted by Crippen LogP contribution is 2.22. The van der Waals surface area contributed by atoms with E-state index in [1.807, 2.05) is 0 Å². The normalized spacial score (nSPS) is 14.8. The Morgan fingerprint density at radius 3 is 1.53 bits per heavy atom. The molecule has 0 saturated heterocycles. The topological polar surface area (TPSA) is 0 Å².